The van der Waals surface area contributed by atoms with Crippen molar-refractivity contribution in [2.75, 3.05) is 5.75 Å². The van der Waals surface area contributed by atoms with Gasteiger partial charge in [0.1, 0.15) is 0 Å². The maximum absolute atomic E-state index is 12.8. The highest BCUT2D eigenvalue weighted by atomic mass is 32.2. The Balaban J connectivity index is 1.90. The second-order valence-corrected chi connectivity index (χ2v) is 7.55. The number of hydrogen-bond acceptors (Lipinski definition) is 4. The molecule has 0 fully saturated rings. The number of para-hydroxylation sites is 1. The van der Waals surface area contributed by atoms with Gasteiger partial charge in [0.05, 0.1) is 16.7 Å². The van der Waals surface area contributed by atoms with Crippen LogP contribution in [0.4, 0.5) is 0 Å². The predicted molar refractivity (Wildman–Crippen MR) is 107 cm³/mol. The van der Waals surface area contributed by atoms with E-state index in [0.717, 1.165) is 22.3 Å². The van der Waals surface area contributed by atoms with Crippen LogP contribution in [0.25, 0.3) is 10.9 Å². The molecule has 0 saturated carbocycles. The molecule has 1 aromatic heterocycles. The average molecular weight is 366 g/mol. The first-order valence-corrected chi connectivity index (χ1v) is 9.49. The molecule has 0 unspecified atom stereocenters. The van der Waals surface area contributed by atoms with E-state index in [1.54, 1.807) is 13.1 Å². The fourth-order valence-corrected chi connectivity index (χ4v) is 3.89. The Bertz CT molecular complexity index is 1080. The van der Waals surface area contributed by atoms with Crippen molar-refractivity contribution in [3.05, 3.63) is 68.5 Å². The smallest absolute Gasteiger partial charge is 0.261 e. The monoisotopic (exact) mass is 366 g/mol. The molecule has 5 heteroatoms. The third kappa shape index (κ3) is 3.19. The summed E-state index contributed by atoms with van der Waals surface area (Å²) >= 11 is 1.31. The van der Waals surface area contributed by atoms with Crippen molar-refractivity contribution in [1.29, 1.82) is 0 Å². The fraction of sp³-hybridized carbons (Fsp3) is 0.286. The standard InChI is InChI=1S/C21H22N2O2S/c1-12-10-17(15(4)14(3)13(12)2)19(24)11-26-21-22-18-9-7-6-8-16(18)20(25)23(21)5/h6-10H,11H2,1-5H3. The van der Waals surface area contributed by atoms with Crippen molar-refractivity contribution in [1.82, 2.24) is 9.55 Å². The topological polar surface area (TPSA) is 52.0 Å². The number of carbonyl (C=O) groups excluding carboxylic acids is 1. The molecule has 0 aliphatic heterocycles. The first kappa shape index (κ1) is 18.4. The summed E-state index contributed by atoms with van der Waals surface area (Å²) in [6.07, 6.45) is 0. The summed E-state index contributed by atoms with van der Waals surface area (Å²) in [6.45, 7) is 8.15. The SMILES string of the molecule is Cc1cc(C(=O)CSc2nc3ccccc3c(=O)n2C)c(C)c(C)c1C. The van der Waals surface area contributed by atoms with Crippen LogP contribution in [-0.4, -0.2) is 21.1 Å². The van der Waals surface area contributed by atoms with Gasteiger partial charge in [-0.05, 0) is 68.1 Å². The third-order valence-corrected chi connectivity index (χ3v) is 6.09. The number of hydrogen-bond donors (Lipinski definition) is 0. The van der Waals surface area contributed by atoms with Gasteiger partial charge in [0.15, 0.2) is 10.9 Å². The summed E-state index contributed by atoms with van der Waals surface area (Å²) < 4.78 is 1.51. The van der Waals surface area contributed by atoms with Crippen molar-refractivity contribution in [2.24, 2.45) is 7.05 Å². The van der Waals surface area contributed by atoms with Crippen LogP contribution in [0.3, 0.4) is 0 Å². The number of aryl methyl sites for hydroxylation is 1. The van der Waals surface area contributed by atoms with Gasteiger partial charge < -0.3 is 0 Å². The minimum absolute atomic E-state index is 0.0566. The van der Waals surface area contributed by atoms with Crippen LogP contribution in [-0.2, 0) is 7.05 Å². The van der Waals surface area contributed by atoms with Crippen molar-refractivity contribution in [2.45, 2.75) is 32.9 Å². The molecular formula is C21H22N2O2S. The average Bonchev–Trinajstić information content (AvgIpc) is 2.64. The number of benzene rings is 2. The van der Waals surface area contributed by atoms with Crippen molar-refractivity contribution in [3.8, 4) is 0 Å². The molecule has 3 aromatic rings. The molecule has 1 heterocycles. The van der Waals surface area contributed by atoms with Gasteiger partial charge in [-0.15, -0.1) is 0 Å². The molecule has 26 heavy (non-hydrogen) atoms. The molecule has 2 aromatic carbocycles. The van der Waals surface area contributed by atoms with Gasteiger partial charge >= 0.3 is 0 Å². The Labute approximate surface area is 157 Å². The lowest BCUT2D eigenvalue weighted by Crippen LogP contribution is -2.20. The summed E-state index contributed by atoms with van der Waals surface area (Å²) in [6, 6.07) is 9.24. The second kappa shape index (κ2) is 7.08. The first-order chi connectivity index (χ1) is 12.3. The molecular weight excluding hydrogens is 344 g/mol. The quantitative estimate of drug-likeness (QED) is 0.396. The molecule has 0 aliphatic carbocycles. The number of aromatic nitrogens is 2. The highest BCUT2D eigenvalue weighted by molar-refractivity contribution is 7.99. The largest absolute Gasteiger partial charge is 0.293 e. The Hall–Kier alpha value is -2.40. The van der Waals surface area contributed by atoms with Crippen molar-refractivity contribution < 1.29 is 4.79 Å². The van der Waals surface area contributed by atoms with E-state index in [1.807, 2.05) is 38.1 Å². The molecule has 134 valence electrons. The van der Waals surface area contributed by atoms with E-state index in [9.17, 15) is 9.59 Å². The maximum Gasteiger partial charge on any atom is 0.261 e. The molecule has 0 saturated heterocycles. The van der Waals surface area contributed by atoms with Gasteiger partial charge in [-0.25, -0.2) is 4.98 Å². The number of Topliss-reactive ketones (excluding diaryl/α,β-unsaturated/α-hetero) is 1. The summed E-state index contributed by atoms with van der Waals surface area (Å²) in [4.78, 5) is 29.8. The van der Waals surface area contributed by atoms with Crippen LogP contribution < -0.4 is 5.56 Å². The molecule has 0 atom stereocenters. The van der Waals surface area contributed by atoms with Crippen LogP contribution >= 0.6 is 11.8 Å². The lowest BCUT2D eigenvalue weighted by Gasteiger charge is -2.14. The number of nitrogens with zero attached hydrogens (tertiary/aromatic N) is 2. The number of fused-ring (bicyclic) bond motifs is 1. The zero-order valence-corrected chi connectivity index (χ0v) is 16.5. The van der Waals surface area contributed by atoms with Gasteiger partial charge in [-0.1, -0.05) is 23.9 Å². The van der Waals surface area contributed by atoms with Crippen LogP contribution in [0.5, 0.6) is 0 Å². The first-order valence-electron chi connectivity index (χ1n) is 8.50. The van der Waals surface area contributed by atoms with E-state index in [2.05, 4.69) is 18.8 Å². The highest BCUT2D eigenvalue weighted by Gasteiger charge is 2.16. The van der Waals surface area contributed by atoms with Gasteiger partial charge in [0.2, 0.25) is 0 Å². The molecule has 4 nitrogen and oxygen atoms in total. The molecule has 0 aliphatic rings. The van der Waals surface area contributed by atoms with E-state index in [4.69, 9.17) is 0 Å². The summed E-state index contributed by atoms with van der Waals surface area (Å²) in [5, 5.41) is 1.14. The summed E-state index contributed by atoms with van der Waals surface area (Å²) in [5.74, 6) is 0.308. The van der Waals surface area contributed by atoms with Gasteiger partial charge in [0.25, 0.3) is 5.56 Å². The van der Waals surface area contributed by atoms with Crippen LogP contribution in [0.2, 0.25) is 0 Å². The Kier molecular flexibility index (Phi) is 5.01. The van der Waals surface area contributed by atoms with Crippen LogP contribution in [0.15, 0.2) is 40.3 Å². The minimum Gasteiger partial charge on any atom is -0.293 e. The molecule has 0 radical (unpaired) electrons. The number of rotatable bonds is 4. The number of carbonyl (C=O) groups is 1. The Morgan fingerprint density at radius 1 is 1.08 bits per heavy atom. The summed E-state index contributed by atoms with van der Waals surface area (Å²) in [5.41, 5.74) is 5.85. The lowest BCUT2D eigenvalue weighted by atomic mass is 9.93. The van der Waals surface area contributed by atoms with Gasteiger partial charge in [-0.3, -0.25) is 14.2 Å². The minimum atomic E-state index is -0.0937. The van der Waals surface area contributed by atoms with E-state index < -0.39 is 0 Å². The maximum atomic E-state index is 12.8. The number of ketones is 1. The molecule has 3 rings (SSSR count). The van der Waals surface area contributed by atoms with E-state index >= 15 is 0 Å². The van der Waals surface area contributed by atoms with E-state index in [0.29, 0.717) is 16.1 Å². The predicted octanol–water partition coefficient (Wildman–Crippen LogP) is 4.14. The van der Waals surface area contributed by atoms with Crippen LogP contribution in [0, 0.1) is 27.7 Å². The van der Waals surface area contributed by atoms with E-state index in [1.165, 1.54) is 21.9 Å². The lowest BCUT2D eigenvalue weighted by molar-refractivity contribution is 0.102. The van der Waals surface area contributed by atoms with Crippen molar-refractivity contribution in [3.63, 3.8) is 0 Å². The fourth-order valence-electron chi connectivity index (χ4n) is 3.04. The van der Waals surface area contributed by atoms with Crippen molar-refractivity contribution >= 4 is 28.4 Å². The zero-order valence-electron chi connectivity index (χ0n) is 15.7. The zero-order chi connectivity index (χ0) is 19.0. The highest BCUT2D eigenvalue weighted by Crippen LogP contribution is 2.24. The van der Waals surface area contributed by atoms with E-state index in [-0.39, 0.29) is 17.1 Å². The molecule has 0 N–H and O–H groups in total. The van der Waals surface area contributed by atoms with Gasteiger partial charge in [0, 0.05) is 12.6 Å². The van der Waals surface area contributed by atoms with Crippen LogP contribution in [0.1, 0.15) is 32.6 Å². The molecule has 0 bridgehead atoms. The second-order valence-electron chi connectivity index (χ2n) is 6.60. The Morgan fingerprint density at radius 2 is 1.77 bits per heavy atom. The molecule has 0 amide bonds. The Morgan fingerprint density at radius 3 is 2.50 bits per heavy atom. The van der Waals surface area contributed by atoms with Gasteiger partial charge in [-0.2, -0.15) is 0 Å². The summed E-state index contributed by atoms with van der Waals surface area (Å²) in [7, 11) is 1.69. The number of thioether (sulfide) groups is 1. The molecule has 0 spiro atoms. The normalized spacial score (nSPS) is 11.1. The third-order valence-electron chi connectivity index (χ3n) is 5.06.